The fourth-order valence-corrected chi connectivity index (χ4v) is 1.50. The lowest BCUT2D eigenvalue weighted by Gasteiger charge is -1.97. The third-order valence-corrected chi connectivity index (χ3v) is 2.25. The van der Waals surface area contributed by atoms with Gasteiger partial charge in [0, 0.05) is 5.39 Å². The number of halogens is 3. The van der Waals surface area contributed by atoms with Gasteiger partial charge in [-0.1, -0.05) is 0 Å². The van der Waals surface area contributed by atoms with Gasteiger partial charge in [0.25, 0.3) is 0 Å². The summed E-state index contributed by atoms with van der Waals surface area (Å²) in [7, 11) is 0. The molecule has 2 aromatic rings. The van der Waals surface area contributed by atoms with Crippen molar-refractivity contribution < 1.29 is 22.7 Å². The van der Waals surface area contributed by atoms with Gasteiger partial charge in [0.1, 0.15) is 5.69 Å². The summed E-state index contributed by atoms with van der Waals surface area (Å²) in [6, 6.07) is 2.02. The number of carbonyl (C=O) groups excluding carboxylic acids is 1. The number of fused-ring (bicyclic) bond motifs is 1. The number of ether oxygens (including phenoxy) is 1. The van der Waals surface area contributed by atoms with Gasteiger partial charge < -0.3 is 9.72 Å². The first kappa shape index (κ1) is 11.5. The second kappa shape index (κ2) is 4.12. The van der Waals surface area contributed by atoms with Crippen LogP contribution in [-0.2, 0) is 4.74 Å². The Hall–Kier alpha value is -1.98. The van der Waals surface area contributed by atoms with Gasteiger partial charge in [0.05, 0.1) is 12.1 Å². The van der Waals surface area contributed by atoms with Crippen molar-refractivity contribution in [2.45, 2.75) is 6.92 Å². The number of hydrogen-bond acceptors (Lipinski definition) is 2. The van der Waals surface area contributed by atoms with Crippen molar-refractivity contribution in [1.29, 1.82) is 0 Å². The number of rotatable bonds is 2. The molecule has 2 rings (SSSR count). The standard InChI is InChI=1S/C11H8F3NO2/c1-2-17-11(16)7-4-5-3-6(12)8(13)9(14)10(5)15-7/h3-4,15H,2H2,1H3. The molecule has 6 heteroatoms. The Morgan fingerprint density at radius 2 is 2.00 bits per heavy atom. The Balaban J connectivity index is 2.58. The lowest BCUT2D eigenvalue weighted by atomic mass is 10.2. The molecule has 0 aliphatic heterocycles. The summed E-state index contributed by atoms with van der Waals surface area (Å²) in [4.78, 5) is 13.7. The molecule has 0 bridgehead atoms. The highest BCUT2D eigenvalue weighted by Gasteiger charge is 2.18. The maximum atomic E-state index is 13.3. The van der Waals surface area contributed by atoms with Crippen molar-refractivity contribution in [2.75, 3.05) is 6.61 Å². The molecule has 0 spiro atoms. The zero-order valence-electron chi connectivity index (χ0n) is 8.81. The zero-order valence-corrected chi connectivity index (χ0v) is 8.81. The van der Waals surface area contributed by atoms with Crippen LogP contribution < -0.4 is 0 Å². The van der Waals surface area contributed by atoms with Crippen LogP contribution in [0.5, 0.6) is 0 Å². The van der Waals surface area contributed by atoms with Gasteiger partial charge in [-0.2, -0.15) is 0 Å². The van der Waals surface area contributed by atoms with Gasteiger partial charge in [-0.05, 0) is 19.1 Å². The second-order valence-electron chi connectivity index (χ2n) is 3.35. The molecule has 3 nitrogen and oxygen atoms in total. The minimum atomic E-state index is -1.57. The Morgan fingerprint density at radius 1 is 1.29 bits per heavy atom. The fraction of sp³-hybridized carbons (Fsp3) is 0.182. The van der Waals surface area contributed by atoms with E-state index in [9.17, 15) is 18.0 Å². The monoisotopic (exact) mass is 243 g/mol. The van der Waals surface area contributed by atoms with Gasteiger partial charge in [-0.25, -0.2) is 18.0 Å². The van der Waals surface area contributed by atoms with Crippen molar-refractivity contribution in [3.8, 4) is 0 Å². The summed E-state index contributed by atoms with van der Waals surface area (Å²) < 4.78 is 43.9. The predicted octanol–water partition coefficient (Wildman–Crippen LogP) is 2.76. The Bertz CT molecular complexity index is 592. The van der Waals surface area contributed by atoms with E-state index in [4.69, 9.17) is 0 Å². The number of nitrogens with one attached hydrogen (secondary N) is 1. The fourth-order valence-electron chi connectivity index (χ4n) is 1.50. The van der Waals surface area contributed by atoms with Crippen LogP contribution in [0.25, 0.3) is 10.9 Å². The molecule has 1 aromatic heterocycles. The number of H-pyrrole nitrogens is 1. The van der Waals surface area contributed by atoms with E-state index in [1.54, 1.807) is 6.92 Å². The van der Waals surface area contributed by atoms with Crippen molar-refractivity contribution in [1.82, 2.24) is 4.98 Å². The summed E-state index contributed by atoms with van der Waals surface area (Å²) in [6.45, 7) is 1.76. The van der Waals surface area contributed by atoms with Gasteiger partial charge >= 0.3 is 5.97 Å². The third-order valence-electron chi connectivity index (χ3n) is 2.25. The molecule has 1 aromatic carbocycles. The maximum Gasteiger partial charge on any atom is 0.354 e. The zero-order chi connectivity index (χ0) is 12.6. The van der Waals surface area contributed by atoms with E-state index >= 15 is 0 Å². The van der Waals surface area contributed by atoms with E-state index in [0.717, 1.165) is 6.07 Å². The van der Waals surface area contributed by atoms with Gasteiger partial charge in [-0.3, -0.25) is 0 Å². The van der Waals surface area contributed by atoms with Crippen LogP contribution in [0.3, 0.4) is 0 Å². The van der Waals surface area contributed by atoms with Crippen LogP contribution in [0.2, 0.25) is 0 Å². The predicted molar refractivity (Wildman–Crippen MR) is 54.1 cm³/mol. The molecule has 0 aliphatic rings. The van der Waals surface area contributed by atoms with Gasteiger partial charge in [-0.15, -0.1) is 0 Å². The second-order valence-corrected chi connectivity index (χ2v) is 3.35. The summed E-state index contributed by atoms with van der Waals surface area (Å²) in [5.74, 6) is -4.93. The van der Waals surface area contributed by atoms with Crippen molar-refractivity contribution >= 4 is 16.9 Å². The number of carbonyl (C=O) groups is 1. The van der Waals surface area contributed by atoms with Gasteiger partial charge in [0.15, 0.2) is 17.5 Å². The quantitative estimate of drug-likeness (QED) is 0.651. The highest BCUT2D eigenvalue weighted by atomic mass is 19.2. The highest BCUT2D eigenvalue weighted by Crippen LogP contribution is 2.23. The summed E-state index contributed by atoms with van der Waals surface area (Å²) >= 11 is 0. The molecule has 0 aliphatic carbocycles. The molecule has 0 amide bonds. The number of aromatic nitrogens is 1. The largest absolute Gasteiger partial charge is 0.461 e. The molecule has 0 radical (unpaired) electrons. The molecule has 1 N–H and O–H groups in total. The lowest BCUT2D eigenvalue weighted by molar-refractivity contribution is 0.0520. The number of benzene rings is 1. The normalized spacial score (nSPS) is 10.8. The first-order valence-electron chi connectivity index (χ1n) is 4.88. The molecule has 17 heavy (non-hydrogen) atoms. The van der Waals surface area contributed by atoms with E-state index in [2.05, 4.69) is 9.72 Å². The van der Waals surface area contributed by atoms with Crippen LogP contribution in [0.15, 0.2) is 12.1 Å². The van der Waals surface area contributed by atoms with Crippen LogP contribution in [-0.4, -0.2) is 17.6 Å². The van der Waals surface area contributed by atoms with Crippen molar-refractivity contribution in [3.05, 3.63) is 35.3 Å². The summed E-state index contributed by atoms with van der Waals surface area (Å²) in [5.41, 5.74) is -0.308. The Morgan fingerprint density at radius 3 is 2.65 bits per heavy atom. The molecule has 0 atom stereocenters. The van der Waals surface area contributed by atoms with Crippen LogP contribution in [0.1, 0.15) is 17.4 Å². The highest BCUT2D eigenvalue weighted by molar-refractivity contribution is 5.95. The van der Waals surface area contributed by atoms with Crippen molar-refractivity contribution in [2.24, 2.45) is 0 Å². The van der Waals surface area contributed by atoms with Crippen LogP contribution in [0.4, 0.5) is 13.2 Å². The molecule has 1 heterocycles. The maximum absolute atomic E-state index is 13.3. The van der Waals surface area contributed by atoms with Crippen molar-refractivity contribution in [3.63, 3.8) is 0 Å². The Kier molecular flexibility index (Phi) is 2.79. The van der Waals surface area contributed by atoms with E-state index in [1.165, 1.54) is 6.07 Å². The minimum absolute atomic E-state index is 0.0502. The van der Waals surface area contributed by atoms with E-state index in [-0.39, 0.29) is 23.2 Å². The molecule has 0 unspecified atom stereocenters. The number of esters is 1. The third kappa shape index (κ3) is 1.86. The average Bonchev–Trinajstić information content (AvgIpc) is 2.70. The summed E-state index contributed by atoms with van der Waals surface area (Å²) in [5, 5.41) is 0.0736. The number of aromatic amines is 1. The Labute approximate surface area is 94.2 Å². The molecule has 0 saturated carbocycles. The molecule has 90 valence electrons. The molecular formula is C11H8F3NO2. The SMILES string of the molecule is CCOC(=O)c1cc2cc(F)c(F)c(F)c2[nH]1. The smallest absolute Gasteiger partial charge is 0.354 e. The number of hydrogen-bond donors (Lipinski definition) is 1. The van der Waals surface area contributed by atoms with E-state index in [0.29, 0.717) is 0 Å². The summed E-state index contributed by atoms with van der Waals surface area (Å²) in [6.07, 6.45) is 0. The topological polar surface area (TPSA) is 42.1 Å². The first-order valence-corrected chi connectivity index (χ1v) is 4.88. The lowest BCUT2D eigenvalue weighted by Crippen LogP contribution is -2.04. The van der Waals surface area contributed by atoms with E-state index in [1.807, 2.05) is 0 Å². The molecular weight excluding hydrogens is 235 g/mol. The minimum Gasteiger partial charge on any atom is -0.461 e. The molecule has 0 fully saturated rings. The first-order chi connectivity index (χ1) is 8.04. The van der Waals surface area contributed by atoms with E-state index < -0.39 is 23.4 Å². The van der Waals surface area contributed by atoms with Crippen LogP contribution >= 0.6 is 0 Å². The average molecular weight is 243 g/mol. The van der Waals surface area contributed by atoms with Gasteiger partial charge in [0.2, 0.25) is 0 Å². The molecule has 0 saturated heterocycles. The van der Waals surface area contributed by atoms with Crippen LogP contribution in [0, 0.1) is 17.5 Å².